The lowest BCUT2D eigenvalue weighted by molar-refractivity contribution is 0.00975. The summed E-state index contributed by atoms with van der Waals surface area (Å²) in [7, 11) is 3.52. The molecule has 8 nitrogen and oxygen atoms in total. The molecule has 3 atom stereocenters. The molecule has 0 radical (unpaired) electrons. The van der Waals surface area contributed by atoms with E-state index in [1.165, 1.54) is 6.07 Å². The zero-order chi connectivity index (χ0) is 25.0. The molecule has 0 saturated carbocycles. The number of amides is 3. The number of halogens is 1. The van der Waals surface area contributed by atoms with Crippen LogP contribution >= 0.6 is 0 Å². The highest BCUT2D eigenvalue weighted by atomic mass is 19.1. The molecule has 6 rings (SSSR count). The summed E-state index contributed by atoms with van der Waals surface area (Å²) in [6, 6.07) is 5.75. The van der Waals surface area contributed by atoms with E-state index >= 15 is 0 Å². The Morgan fingerprint density at radius 1 is 1.11 bits per heavy atom. The Morgan fingerprint density at radius 2 is 1.83 bits per heavy atom. The third kappa shape index (κ3) is 4.04. The van der Waals surface area contributed by atoms with Gasteiger partial charge in [0, 0.05) is 57.7 Å². The van der Waals surface area contributed by atoms with E-state index in [4.69, 9.17) is 9.47 Å². The van der Waals surface area contributed by atoms with Crippen LogP contribution in [0.3, 0.4) is 0 Å². The molecule has 1 aromatic rings. The van der Waals surface area contributed by atoms with E-state index in [9.17, 15) is 14.0 Å². The number of fused-ring (bicyclic) bond motifs is 4. The number of anilines is 1. The van der Waals surface area contributed by atoms with E-state index in [1.807, 2.05) is 9.80 Å². The van der Waals surface area contributed by atoms with Gasteiger partial charge in [0.25, 0.3) is 0 Å². The normalized spacial score (nSPS) is 31.1. The molecule has 1 aromatic carbocycles. The van der Waals surface area contributed by atoms with Crippen molar-refractivity contribution in [2.45, 2.75) is 74.6 Å². The number of nitrogens with zero attached hydrogens (tertiary/aromatic N) is 4. The average molecular weight is 503 g/mol. The van der Waals surface area contributed by atoms with Gasteiger partial charge in [-0.2, -0.15) is 0 Å². The number of piperidine rings is 2. The predicted octanol–water partition coefficient (Wildman–Crippen LogP) is 3.83. The maximum atomic E-state index is 14.3. The summed E-state index contributed by atoms with van der Waals surface area (Å²) in [5.74, 6) is -0.241. The first kappa shape index (κ1) is 24.0. The maximum absolute atomic E-state index is 14.3. The highest BCUT2D eigenvalue weighted by molar-refractivity contribution is 5.95. The lowest BCUT2D eigenvalue weighted by Crippen LogP contribution is -2.56. The molecule has 9 heteroatoms. The summed E-state index contributed by atoms with van der Waals surface area (Å²) in [5.41, 5.74) is 1.62. The summed E-state index contributed by atoms with van der Waals surface area (Å²) < 4.78 is 25.4. The first-order valence-electron chi connectivity index (χ1n) is 13.4. The topological polar surface area (TPSA) is 65.6 Å². The van der Waals surface area contributed by atoms with Crippen molar-refractivity contribution >= 4 is 17.8 Å². The molecule has 0 aliphatic carbocycles. The van der Waals surface area contributed by atoms with Crippen LogP contribution in [0.1, 0.15) is 51.9 Å². The van der Waals surface area contributed by atoms with Crippen LogP contribution in [0.25, 0.3) is 0 Å². The molecule has 36 heavy (non-hydrogen) atoms. The van der Waals surface area contributed by atoms with Crippen molar-refractivity contribution in [2.75, 3.05) is 51.8 Å². The number of carbonyl (C=O) groups is 2. The molecule has 198 valence electrons. The number of ether oxygens (including phenoxy) is 2. The smallest absolute Gasteiger partial charge is 0.410 e. The van der Waals surface area contributed by atoms with Crippen molar-refractivity contribution in [3.05, 3.63) is 29.6 Å². The number of hydrogen-bond acceptors (Lipinski definition) is 5. The zero-order valence-corrected chi connectivity index (χ0v) is 21.3. The predicted molar refractivity (Wildman–Crippen MR) is 135 cm³/mol. The molecule has 3 amide bonds. The number of rotatable bonds is 2. The summed E-state index contributed by atoms with van der Waals surface area (Å²) in [5, 5.41) is 0. The third-order valence-electron chi connectivity index (χ3n) is 9.24. The monoisotopic (exact) mass is 502 g/mol. The Hall–Kier alpha value is -2.39. The van der Waals surface area contributed by atoms with Crippen LogP contribution in [0.4, 0.5) is 19.7 Å². The van der Waals surface area contributed by atoms with Gasteiger partial charge >= 0.3 is 12.1 Å². The van der Waals surface area contributed by atoms with Gasteiger partial charge in [-0.15, -0.1) is 0 Å². The highest BCUT2D eigenvalue weighted by Gasteiger charge is 2.50. The van der Waals surface area contributed by atoms with Crippen LogP contribution in [-0.2, 0) is 14.9 Å². The minimum absolute atomic E-state index is 0. The molecule has 5 aliphatic heterocycles. The van der Waals surface area contributed by atoms with Gasteiger partial charge in [0.2, 0.25) is 0 Å². The summed E-state index contributed by atoms with van der Waals surface area (Å²) >= 11 is 0. The SMILES string of the molecule is CN(C)C(=O)N1CC2(CCN(C3CC4CCC(C3)N4C(=O)O[C@@H]3CCOC3)CC2)c2cc(F)ccc21.[HH]. The molecule has 1 spiro atoms. The van der Waals surface area contributed by atoms with Crippen molar-refractivity contribution in [3.8, 4) is 0 Å². The van der Waals surface area contributed by atoms with Gasteiger partial charge in [-0.25, -0.2) is 14.0 Å². The molecule has 0 N–H and O–H groups in total. The standard InChI is InChI=1S/C27H37FN4O4.H2/c1-29(2)25(33)31-17-27(23-13-18(28)3-6-24(23)31)8-10-30(11-9-27)21-14-19-4-5-20(15-21)32(19)26(34)36-22-7-12-35-16-22;/h3,6,13,19-22H,4-5,7-12,14-17H2,1-2H3;1H/t19?,20?,21?,22-;/m1./s1. The number of urea groups is 1. The minimum atomic E-state index is -0.241. The summed E-state index contributed by atoms with van der Waals surface area (Å²) in [6.45, 7) is 3.64. The van der Waals surface area contributed by atoms with Gasteiger partial charge in [0.15, 0.2) is 0 Å². The van der Waals surface area contributed by atoms with Gasteiger partial charge in [-0.3, -0.25) is 4.90 Å². The molecule has 5 heterocycles. The van der Waals surface area contributed by atoms with Gasteiger partial charge in [-0.05, 0) is 75.4 Å². The first-order chi connectivity index (χ1) is 17.3. The number of likely N-dealkylation sites (tertiary alicyclic amines) is 1. The van der Waals surface area contributed by atoms with E-state index in [1.54, 1.807) is 31.1 Å². The fourth-order valence-electron chi connectivity index (χ4n) is 7.35. The van der Waals surface area contributed by atoms with E-state index in [2.05, 4.69) is 4.90 Å². The molecular formula is C27H39FN4O4. The number of carbonyl (C=O) groups excluding carboxylic acids is 2. The number of benzene rings is 1. The van der Waals surface area contributed by atoms with Gasteiger partial charge in [-0.1, -0.05) is 0 Å². The fraction of sp³-hybridized carbons (Fsp3) is 0.704. The van der Waals surface area contributed by atoms with Crippen molar-refractivity contribution in [1.82, 2.24) is 14.7 Å². The van der Waals surface area contributed by atoms with Gasteiger partial charge in [0.05, 0.1) is 13.2 Å². The Labute approximate surface area is 213 Å². The number of hydrogen-bond donors (Lipinski definition) is 0. The maximum Gasteiger partial charge on any atom is 0.410 e. The van der Waals surface area contributed by atoms with E-state index < -0.39 is 0 Å². The second-order valence-corrected chi connectivity index (χ2v) is 11.5. The molecule has 4 saturated heterocycles. The molecule has 0 aromatic heterocycles. The molecule has 2 unspecified atom stereocenters. The molecule has 2 bridgehead atoms. The lowest BCUT2D eigenvalue weighted by Gasteiger charge is -2.47. The fourth-order valence-corrected chi connectivity index (χ4v) is 7.35. The minimum Gasteiger partial charge on any atom is -0.444 e. The first-order valence-corrected chi connectivity index (χ1v) is 13.4. The Balaban J connectivity index is 0.00000280. The van der Waals surface area contributed by atoms with Crippen LogP contribution in [0.5, 0.6) is 0 Å². The Kier molecular flexibility index (Phi) is 6.11. The largest absolute Gasteiger partial charge is 0.444 e. The van der Waals surface area contributed by atoms with E-state index in [-0.39, 0.29) is 43.0 Å². The van der Waals surface area contributed by atoms with Crippen molar-refractivity contribution in [1.29, 1.82) is 0 Å². The van der Waals surface area contributed by atoms with Crippen molar-refractivity contribution < 1.29 is 24.9 Å². The van der Waals surface area contributed by atoms with E-state index in [0.29, 0.717) is 25.8 Å². The molecular weight excluding hydrogens is 463 g/mol. The second-order valence-electron chi connectivity index (χ2n) is 11.5. The average Bonchev–Trinajstić information content (AvgIpc) is 3.55. The summed E-state index contributed by atoms with van der Waals surface area (Å²) in [6.07, 6.45) is 6.38. The highest BCUT2D eigenvalue weighted by Crippen LogP contribution is 2.49. The van der Waals surface area contributed by atoms with Crippen molar-refractivity contribution in [3.63, 3.8) is 0 Å². The van der Waals surface area contributed by atoms with Crippen LogP contribution in [0.15, 0.2) is 18.2 Å². The van der Waals surface area contributed by atoms with Crippen LogP contribution in [-0.4, -0.2) is 98.0 Å². The van der Waals surface area contributed by atoms with Crippen LogP contribution in [0, 0.1) is 5.82 Å². The summed E-state index contributed by atoms with van der Waals surface area (Å²) in [4.78, 5) is 33.8. The quantitative estimate of drug-likeness (QED) is 0.615. The van der Waals surface area contributed by atoms with Gasteiger partial charge < -0.3 is 24.2 Å². The molecule has 5 aliphatic rings. The Bertz CT molecular complexity index is 1010. The second kappa shape index (κ2) is 9.17. The third-order valence-corrected chi connectivity index (χ3v) is 9.24. The van der Waals surface area contributed by atoms with Crippen LogP contribution < -0.4 is 4.90 Å². The lowest BCUT2D eigenvalue weighted by atomic mass is 9.73. The van der Waals surface area contributed by atoms with E-state index in [0.717, 1.165) is 69.3 Å². The zero-order valence-electron chi connectivity index (χ0n) is 21.3. The Morgan fingerprint density at radius 3 is 2.47 bits per heavy atom. The van der Waals surface area contributed by atoms with Gasteiger partial charge in [0.1, 0.15) is 11.9 Å². The molecule has 4 fully saturated rings. The van der Waals surface area contributed by atoms with Crippen molar-refractivity contribution in [2.24, 2.45) is 0 Å². The van der Waals surface area contributed by atoms with Crippen LogP contribution in [0.2, 0.25) is 0 Å².